The number of carbonyl (C=O) groups excluding carboxylic acids is 1. The Kier molecular flexibility index (Phi) is 6.00. The van der Waals surface area contributed by atoms with Crippen LogP contribution in [0.15, 0.2) is 35.7 Å². The maximum atomic E-state index is 11.8. The summed E-state index contributed by atoms with van der Waals surface area (Å²) in [5.74, 6) is 0.928. The van der Waals surface area contributed by atoms with E-state index in [1.807, 2.05) is 7.05 Å². The summed E-state index contributed by atoms with van der Waals surface area (Å²) >= 11 is 1.39. The quantitative estimate of drug-likeness (QED) is 0.796. The molecule has 0 unspecified atom stereocenters. The third-order valence-corrected chi connectivity index (χ3v) is 4.42. The molecule has 5 nitrogen and oxygen atoms in total. The Morgan fingerprint density at radius 2 is 2.05 bits per heavy atom. The number of rotatable bonds is 7. The van der Waals surface area contributed by atoms with E-state index in [4.69, 9.17) is 0 Å². The van der Waals surface area contributed by atoms with Crippen molar-refractivity contribution < 1.29 is 4.79 Å². The lowest BCUT2D eigenvalue weighted by molar-refractivity contribution is -0.118. The lowest BCUT2D eigenvalue weighted by Crippen LogP contribution is -2.27. The Labute approximate surface area is 135 Å². The molecule has 1 aromatic heterocycles. The van der Waals surface area contributed by atoms with Crippen molar-refractivity contribution in [3.63, 3.8) is 0 Å². The second-order valence-electron chi connectivity index (χ2n) is 5.51. The van der Waals surface area contributed by atoms with Gasteiger partial charge in [-0.1, -0.05) is 49.9 Å². The smallest absolute Gasteiger partial charge is 0.230 e. The normalized spacial score (nSPS) is 10.9. The van der Waals surface area contributed by atoms with Gasteiger partial charge in [0.15, 0.2) is 5.16 Å². The summed E-state index contributed by atoms with van der Waals surface area (Å²) in [5, 5.41) is 11.4. The average Bonchev–Trinajstić information content (AvgIpc) is 2.91. The molecule has 2 aromatic rings. The predicted octanol–water partition coefficient (Wildman–Crippen LogP) is 2.39. The molecule has 1 amide bonds. The van der Waals surface area contributed by atoms with Crippen LogP contribution in [0.1, 0.15) is 30.9 Å². The van der Waals surface area contributed by atoms with Gasteiger partial charge in [-0.25, -0.2) is 0 Å². The van der Waals surface area contributed by atoms with E-state index in [9.17, 15) is 4.79 Å². The Morgan fingerprint density at radius 3 is 2.64 bits per heavy atom. The molecule has 0 radical (unpaired) electrons. The monoisotopic (exact) mass is 318 g/mol. The summed E-state index contributed by atoms with van der Waals surface area (Å²) in [4.78, 5) is 11.8. The van der Waals surface area contributed by atoms with Gasteiger partial charge in [-0.2, -0.15) is 0 Å². The molecule has 1 heterocycles. The standard InChI is InChI=1S/C16H22N4OS/c1-12(2)14-6-4-13(5-7-14)8-9-17-15(21)10-22-16-19-18-11-20(16)3/h4-7,11-12H,8-10H2,1-3H3,(H,17,21). The topological polar surface area (TPSA) is 59.8 Å². The predicted molar refractivity (Wildman–Crippen MR) is 89.0 cm³/mol. The number of nitrogens with one attached hydrogen (secondary N) is 1. The molecule has 0 spiro atoms. The molecule has 0 saturated carbocycles. The number of aryl methyl sites for hydroxylation is 1. The molecule has 0 bridgehead atoms. The Balaban J connectivity index is 1.69. The van der Waals surface area contributed by atoms with Crippen molar-refractivity contribution in [2.75, 3.05) is 12.3 Å². The van der Waals surface area contributed by atoms with Gasteiger partial charge in [0.05, 0.1) is 5.75 Å². The fourth-order valence-corrected chi connectivity index (χ4v) is 2.72. The van der Waals surface area contributed by atoms with E-state index in [-0.39, 0.29) is 5.91 Å². The van der Waals surface area contributed by atoms with Crippen molar-refractivity contribution in [1.29, 1.82) is 0 Å². The van der Waals surface area contributed by atoms with E-state index >= 15 is 0 Å². The van der Waals surface area contributed by atoms with Crippen molar-refractivity contribution in [3.05, 3.63) is 41.7 Å². The lowest BCUT2D eigenvalue weighted by atomic mass is 10.0. The van der Waals surface area contributed by atoms with Crippen molar-refractivity contribution in [3.8, 4) is 0 Å². The molecule has 118 valence electrons. The van der Waals surface area contributed by atoms with E-state index < -0.39 is 0 Å². The Bertz CT molecular complexity index is 607. The summed E-state index contributed by atoms with van der Waals surface area (Å²) < 4.78 is 1.80. The highest BCUT2D eigenvalue weighted by Gasteiger charge is 2.06. The molecule has 6 heteroatoms. The zero-order chi connectivity index (χ0) is 15.9. The highest BCUT2D eigenvalue weighted by molar-refractivity contribution is 7.99. The summed E-state index contributed by atoms with van der Waals surface area (Å²) in [6, 6.07) is 8.59. The molecule has 0 fully saturated rings. The van der Waals surface area contributed by atoms with Crippen LogP contribution in [0.2, 0.25) is 0 Å². The first-order valence-corrected chi connectivity index (χ1v) is 8.37. The minimum atomic E-state index is 0.0202. The second-order valence-corrected chi connectivity index (χ2v) is 6.45. The van der Waals surface area contributed by atoms with Gasteiger partial charge < -0.3 is 9.88 Å². The minimum absolute atomic E-state index is 0.0202. The van der Waals surface area contributed by atoms with Crippen molar-refractivity contribution >= 4 is 17.7 Å². The van der Waals surface area contributed by atoms with Crippen LogP contribution in [0.4, 0.5) is 0 Å². The van der Waals surface area contributed by atoms with Gasteiger partial charge in [0.25, 0.3) is 0 Å². The third kappa shape index (κ3) is 4.87. The van der Waals surface area contributed by atoms with Crippen LogP contribution in [0.5, 0.6) is 0 Å². The zero-order valence-corrected chi connectivity index (χ0v) is 14.1. The summed E-state index contributed by atoms with van der Waals surface area (Å²) in [7, 11) is 1.86. The van der Waals surface area contributed by atoms with Crippen LogP contribution in [-0.2, 0) is 18.3 Å². The number of hydrogen-bond acceptors (Lipinski definition) is 4. The van der Waals surface area contributed by atoms with Gasteiger partial charge in [0.1, 0.15) is 6.33 Å². The fraction of sp³-hybridized carbons (Fsp3) is 0.438. The van der Waals surface area contributed by atoms with E-state index in [1.165, 1.54) is 22.9 Å². The van der Waals surface area contributed by atoms with Crippen LogP contribution in [0, 0.1) is 0 Å². The Morgan fingerprint density at radius 1 is 1.32 bits per heavy atom. The van der Waals surface area contributed by atoms with Gasteiger partial charge in [-0.05, 0) is 23.5 Å². The molecule has 0 saturated heterocycles. The van der Waals surface area contributed by atoms with Crippen molar-refractivity contribution in [2.24, 2.45) is 7.05 Å². The summed E-state index contributed by atoms with van der Waals surface area (Å²) in [6.07, 6.45) is 2.47. The van der Waals surface area contributed by atoms with Gasteiger partial charge in [-0.3, -0.25) is 4.79 Å². The van der Waals surface area contributed by atoms with E-state index in [2.05, 4.69) is 53.6 Å². The van der Waals surface area contributed by atoms with Gasteiger partial charge in [-0.15, -0.1) is 10.2 Å². The molecule has 22 heavy (non-hydrogen) atoms. The largest absolute Gasteiger partial charge is 0.355 e. The number of amides is 1. The number of thioether (sulfide) groups is 1. The highest BCUT2D eigenvalue weighted by atomic mass is 32.2. The number of hydrogen-bond donors (Lipinski definition) is 1. The summed E-state index contributed by atoms with van der Waals surface area (Å²) in [6.45, 7) is 5.02. The van der Waals surface area contributed by atoms with Gasteiger partial charge in [0.2, 0.25) is 5.91 Å². The second kappa shape index (κ2) is 7.98. The molecular formula is C16H22N4OS. The van der Waals surface area contributed by atoms with Gasteiger partial charge in [0, 0.05) is 13.6 Å². The van der Waals surface area contributed by atoms with Crippen molar-refractivity contribution in [2.45, 2.75) is 31.3 Å². The molecule has 0 aliphatic heterocycles. The number of carbonyl (C=O) groups is 1. The van der Waals surface area contributed by atoms with E-state index in [0.717, 1.165) is 11.6 Å². The van der Waals surface area contributed by atoms with E-state index in [1.54, 1.807) is 10.9 Å². The first-order valence-electron chi connectivity index (χ1n) is 7.38. The zero-order valence-electron chi connectivity index (χ0n) is 13.2. The summed E-state index contributed by atoms with van der Waals surface area (Å²) in [5.41, 5.74) is 2.58. The third-order valence-electron chi connectivity index (χ3n) is 3.38. The van der Waals surface area contributed by atoms with Crippen LogP contribution >= 0.6 is 11.8 Å². The Hall–Kier alpha value is -1.82. The molecule has 0 aliphatic rings. The molecule has 0 atom stereocenters. The molecular weight excluding hydrogens is 296 g/mol. The molecule has 0 aliphatic carbocycles. The van der Waals surface area contributed by atoms with Crippen LogP contribution in [0.3, 0.4) is 0 Å². The average molecular weight is 318 g/mol. The number of aromatic nitrogens is 3. The fourth-order valence-electron chi connectivity index (χ4n) is 2.00. The maximum Gasteiger partial charge on any atom is 0.230 e. The lowest BCUT2D eigenvalue weighted by Gasteiger charge is -2.08. The van der Waals surface area contributed by atoms with Crippen molar-refractivity contribution in [1.82, 2.24) is 20.1 Å². The van der Waals surface area contributed by atoms with Crippen LogP contribution < -0.4 is 5.32 Å². The molecule has 2 rings (SSSR count). The number of benzene rings is 1. The first kappa shape index (κ1) is 16.5. The SMILES string of the molecule is CC(C)c1ccc(CCNC(=O)CSc2nncn2C)cc1. The minimum Gasteiger partial charge on any atom is -0.355 e. The van der Waals surface area contributed by atoms with Crippen LogP contribution in [-0.4, -0.2) is 33.0 Å². The van der Waals surface area contributed by atoms with E-state index in [0.29, 0.717) is 18.2 Å². The highest BCUT2D eigenvalue weighted by Crippen LogP contribution is 2.15. The first-order chi connectivity index (χ1) is 10.6. The van der Waals surface area contributed by atoms with Gasteiger partial charge >= 0.3 is 0 Å². The number of nitrogens with zero attached hydrogens (tertiary/aromatic N) is 3. The maximum absolute atomic E-state index is 11.8. The molecule has 1 aromatic carbocycles. The van der Waals surface area contributed by atoms with Crippen LogP contribution in [0.25, 0.3) is 0 Å². The molecule has 1 N–H and O–H groups in total.